The molecule has 30 heavy (non-hydrogen) atoms. The van der Waals surface area contributed by atoms with E-state index in [1.54, 1.807) is 0 Å². The number of benzene rings is 1. The maximum atomic E-state index is 12.7. The highest BCUT2D eigenvalue weighted by Crippen LogP contribution is 2.27. The summed E-state index contributed by atoms with van der Waals surface area (Å²) in [4.78, 5) is 45.8. The first kappa shape index (κ1) is 20.0. The van der Waals surface area contributed by atoms with E-state index in [0.717, 1.165) is 34.0 Å². The number of hydrogen-bond donors (Lipinski definition) is 1. The quantitative estimate of drug-likeness (QED) is 0.532. The van der Waals surface area contributed by atoms with Gasteiger partial charge < -0.3 is 0 Å². The highest BCUT2D eigenvalue weighted by atomic mass is 32.1. The number of rotatable bonds is 5. The van der Waals surface area contributed by atoms with Crippen molar-refractivity contribution in [3.63, 3.8) is 0 Å². The van der Waals surface area contributed by atoms with E-state index in [-0.39, 0.29) is 16.7 Å². The molecule has 0 atom stereocenters. The molecule has 8 nitrogen and oxygen atoms in total. The summed E-state index contributed by atoms with van der Waals surface area (Å²) in [5.74, 6) is -0.449. The van der Waals surface area contributed by atoms with Gasteiger partial charge in [-0.1, -0.05) is 30.7 Å². The van der Waals surface area contributed by atoms with Crippen LogP contribution in [-0.2, 0) is 20.5 Å². The summed E-state index contributed by atoms with van der Waals surface area (Å²) in [5.41, 5.74) is 1.41. The molecule has 1 N–H and O–H groups in total. The number of amides is 1. The molecule has 1 amide bonds. The zero-order chi connectivity index (χ0) is 21.4. The smallest absolute Gasteiger partial charge is 0.296 e. The van der Waals surface area contributed by atoms with Crippen LogP contribution < -0.4 is 16.6 Å². The molecule has 9 heteroatoms. The van der Waals surface area contributed by atoms with Crippen LogP contribution in [-0.4, -0.2) is 25.0 Å². The monoisotopic (exact) mass is 423 g/mol. The molecule has 0 saturated heterocycles. The fraction of sp³-hybridized carbons (Fsp3) is 0.286. The molecule has 3 heterocycles. The lowest BCUT2D eigenvalue weighted by Crippen LogP contribution is -2.37. The first-order valence-corrected chi connectivity index (χ1v) is 10.5. The third kappa shape index (κ3) is 3.52. The van der Waals surface area contributed by atoms with Gasteiger partial charge in [0.25, 0.3) is 11.5 Å². The Kier molecular flexibility index (Phi) is 5.21. The number of pyridine rings is 1. The molecule has 0 aliphatic heterocycles. The van der Waals surface area contributed by atoms with Gasteiger partial charge >= 0.3 is 5.69 Å². The number of nitrogens with one attached hydrogen (secondary N) is 1. The molecule has 0 unspecified atom stereocenters. The van der Waals surface area contributed by atoms with Crippen LogP contribution in [0.1, 0.15) is 35.8 Å². The Morgan fingerprint density at radius 3 is 2.67 bits per heavy atom. The molecule has 3 aromatic heterocycles. The van der Waals surface area contributed by atoms with Gasteiger partial charge in [-0.15, -0.1) is 0 Å². The van der Waals surface area contributed by atoms with E-state index in [1.807, 2.05) is 6.07 Å². The van der Waals surface area contributed by atoms with Crippen LogP contribution in [0.5, 0.6) is 0 Å². The van der Waals surface area contributed by atoms with Crippen molar-refractivity contribution < 1.29 is 4.79 Å². The van der Waals surface area contributed by atoms with E-state index in [2.05, 4.69) is 34.3 Å². The molecule has 0 radical (unpaired) electrons. The number of fused-ring (bicyclic) bond motifs is 2. The van der Waals surface area contributed by atoms with Crippen LogP contribution in [0.4, 0.5) is 5.13 Å². The number of anilines is 1. The maximum Gasteiger partial charge on any atom is 0.332 e. The van der Waals surface area contributed by atoms with Crippen molar-refractivity contribution in [2.24, 2.45) is 14.1 Å². The SMILES string of the molecule is CCCCc1ccc2nc(NC(=O)c3ccc4c(=O)n(C)c(=O)n(C)c4n3)sc2c1. The third-order valence-electron chi connectivity index (χ3n) is 5.03. The van der Waals surface area contributed by atoms with Gasteiger partial charge in [0.15, 0.2) is 5.13 Å². The predicted octanol–water partition coefficient (Wildman–Crippen LogP) is 2.84. The minimum atomic E-state index is -0.498. The van der Waals surface area contributed by atoms with Gasteiger partial charge in [-0.3, -0.25) is 24.0 Å². The summed E-state index contributed by atoms with van der Waals surface area (Å²) in [6, 6.07) is 9.12. The van der Waals surface area contributed by atoms with Crippen LogP contribution in [0.2, 0.25) is 0 Å². The van der Waals surface area contributed by atoms with Crippen LogP contribution in [0, 0.1) is 0 Å². The summed E-state index contributed by atoms with van der Waals surface area (Å²) in [5, 5.41) is 3.52. The molecule has 0 fully saturated rings. The number of nitrogens with zero attached hydrogens (tertiary/aromatic N) is 4. The number of aryl methyl sites for hydroxylation is 2. The second-order valence-electron chi connectivity index (χ2n) is 7.15. The summed E-state index contributed by atoms with van der Waals surface area (Å²) < 4.78 is 3.28. The molecule has 4 aromatic rings. The summed E-state index contributed by atoms with van der Waals surface area (Å²) >= 11 is 1.40. The lowest BCUT2D eigenvalue weighted by Gasteiger charge is -2.08. The largest absolute Gasteiger partial charge is 0.332 e. The first-order chi connectivity index (χ1) is 14.4. The molecular weight excluding hydrogens is 402 g/mol. The van der Waals surface area contributed by atoms with Crippen molar-refractivity contribution in [1.82, 2.24) is 19.1 Å². The van der Waals surface area contributed by atoms with Crippen LogP contribution in [0.3, 0.4) is 0 Å². The van der Waals surface area contributed by atoms with E-state index in [9.17, 15) is 14.4 Å². The molecule has 0 aliphatic rings. The van der Waals surface area contributed by atoms with Crippen molar-refractivity contribution in [3.05, 3.63) is 62.4 Å². The molecular formula is C21H21N5O3S. The Balaban J connectivity index is 1.64. The zero-order valence-corrected chi connectivity index (χ0v) is 17.7. The lowest BCUT2D eigenvalue weighted by atomic mass is 10.1. The zero-order valence-electron chi connectivity index (χ0n) is 16.9. The maximum absolute atomic E-state index is 12.7. The van der Waals surface area contributed by atoms with E-state index >= 15 is 0 Å². The van der Waals surface area contributed by atoms with Crippen LogP contribution in [0.25, 0.3) is 21.3 Å². The minimum Gasteiger partial charge on any atom is -0.296 e. The topological polar surface area (TPSA) is 98.9 Å². The van der Waals surface area contributed by atoms with Gasteiger partial charge in [-0.25, -0.2) is 14.8 Å². The van der Waals surface area contributed by atoms with Crippen molar-refractivity contribution in [2.75, 3.05) is 5.32 Å². The number of carbonyl (C=O) groups excluding carboxylic acids is 1. The number of aromatic nitrogens is 4. The van der Waals surface area contributed by atoms with Gasteiger partial charge in [0, 0.05) is 14.1 Å². The molecule has 0 spiro atoms. The Hall–Kier alpha value is -3.33. The second-order valence-corrected chi connectivity index (χ2v) is 8.18. The third-order valence-corrected chi connectivity index (χ3v) is 5.96. The number of thiazole rings is 1. The second kappa shape index (κ2) is 7.83. The summed E-state index contributed by atoms with van der Waals surface area (Å²) in [6.45, 7) is 2.16. The van der Waals surface area contributed by atoms with Crippen molar-refractivity contribution in [3.8, 4) is 0 Å². The highest BCUT2D eigenvalue weighted by Gasteiger charge is 2.15. The fourth-order valence-corrected chi connectivity index (χ4v) is 4.23. The normalized spacial score (nSPS) is 11.3. The Labute approximate surface area is 175 Å². The fourth-order valence-electron chi connectivity index (χ4n) is 3.30. The Morgan fingerprint density at radius 2 is 1.90 bits per heavy atom. The predicted molar refractivity (Wildman–Crippen MR) is 118 cm³/mol. The average molecular weight is 423 g/mol. The van der Waals surface area contributed by atoms with Gasteiger partial charge in [0.05, 0.1) is 15.6 Å². The van der Waals surface area contributed by atoms with Crippen molar-refractivity contribution in [2.45, 2.75) is 26.2 Å². The van der Waals surface area contributed by atoms with E-state index < -0.39 is 17.2 Å². The first-order valence-electron chi connectivity index (χ1n) is 9.66. The van der Waals surface area contributed by atoms with Crippen LogP contribution >= 0.6 is 11.3 Å². The van der Waals surface area contributed by atoms with Gasteiger partial charge in [-0.05, 0) is 42.7 Å². The number of hydrogen-bond acceptors (Lipinski definition) is 6. The van der Waals surface area contributed by atoms with Gasteiger partial charge in [0.1, 0.15) is 11.3 Å². The molecule has 0 aliphatic carbocycles. The minimum absolute atomic E-state index is 0.105. The Bertz CT molecular complexity index is 1400. The molecule has 0 bridgehead atoms. The molecule has 4 rings (SSSR count). The molecule has 154 valence electrons. The summed E-state index contributed by atoms with van der Waals surface area (Å²) in [6.07, 6.45) is 3.29. The van der Waals surface area contributed by atoms with Gasteiger partial charge in [-0.2, -0.15) is 0 Å². The standard InChI is InChI=1S/C21H21N5O3S/c1-4-5-6-12-7-9-14-16(11-12)30-20(23-14)24-18(27)15-10-8-13-17(22-15)25(2)21(29)26(3)19(13)28/h7-11H,4-6H2,1-3H3,(H,23,24,27). The van der Waals surface area contributed by atoms with E-state index in [1.165, 1.54) is 47.7 Å². The van der Waals surface area contributed by atoms with Crippen molar-refractivity contribution in [1.29, 1.82) is 0 Å². The number of carbonyl (C=O) groups is 1. The lowest BCUT2D eigenvalue weighted by molar-refractivity contribution is 0.102. The number of unbranched alkanes of at least 4 members (excludes halogenated alkanes) is 1. The van der Waals surface area contributed by atoms with Crippen LogP contribution in [0.15, 0.2) is 39.9 Å². The Morgan fingerprint density at radius 1 is 1.10 bits per heavy atom. The van der Waals surface area contributed by atoms with Gasteiger partial charge in [0.2, 0.25) is 0 Å². The highest BCUT2D eigenvalue weighted by molar-refractivity contribution is 7.22. The molecule has 1 aromatic carbocycles. The van der Waals surface area contributed by atoms with Crippen molar-refractivity contribution >= 4 is 43.6 Å². The van der Waals surface area contributed by atoms with E-state index in [0.29, 0.717) is 5.13 Å². The summed E-state index contributed by atoms with van der Waals surface area (Å²) in [7, 11) is 2.92. The van der Waals surface area contributed by atoms with E-state index in [4.69, 9.17) is 0 Å². The average Bonchev–Trinajstić information content (AvgIpc) is 3.15. The molecule has 0 saturated carbocycles.